The molecule has 1 amide bonds. The number of fused-ring (bicyclic) bond motifs is 4. The minimum Gasteiger partial charge on any atom is -0.480 e. The smallest absolute Gasteiger partial charge is 0.415 e. The number of carboxylic acids is 1. The van der Waals surface area contributed by atoms with Crippen molar-refractivity contribution in [3.05, 3.63) is 102 Å². The van der Waals surface area contributed by atoms with Crippen molar-refractivity contribution in [1.29, 1.82) is 0 Å². The van der Waals surface area contributed by atoms with E-state index in [1.165, 1.54) is 11.8 Å². The van der Waals surface area contributed by atoms with Crippen LogP contribution >= 0.6 is 0 Å². The lowest BCUT2D eigenvalue weighted by Gasteiger charge is -2.28. The molecule has 1 atom stereocenters. The molecule has 0 spiro atoms. The summed E-state index contributed by atoms with van der Waals surface area (Å²) in [5.74, 6) is -1.20. The predicted molar refractivity (Wildman–Crippen MR) is 129 cm³/mol. The van der Waals surface area contributed by atoms with E-state index in [0.717, 1.165) is 33.0 Å². The average molecular weight is 437 g/mol. The quantitative estimate of drug-likeness (QED) is 0.412. The lowest BCUT2D eigenvalue weighted by molar-refractivity contribution is -0.138. The van der Waals surface area contributed by atoms with Gasteiger partial charge >= 0.3 is 12.1 Å². The minimum absolute atomic E-state index is 0.101. The van der Waals surface area contributed by atoms with Gasteiger partial charge in [-0.05, 0) is 40.6 Å². The molecule has 0 unspecified atom stereocenters. The van der Waals surface area contributed by atoms with Crippen molar-refractivity contribution in [1.82, 2.24) is 0 Å². The standard InChI is InChI=1S/C28H23NO4/c1-18(27(30)31)29(26-16-8-10-19-9-2-3-11-20(19)26)28(32)33-17-25-23-14-6-4-12-21(23)22-13-5-7-15-24(22)25/h2-16,18,25H,17H2,1H3,(H,30,31)/t18-/m0/s1. The summed E-state index contributed by atoms with van der Waals surface area (Å²) in [7, 11) is 0. The monoisotopic (exact) mass is 437 g/mol. The zero-order valence-corrected chi connectivity index (χ0v) is 18.1. The van der Waals surface area contributed by atoms with E-state index in [2.05, 4.69) is 24.3 Å². The highest BCUT2D eigenvalue weighted by atomic mass is 16.6. The number of aliphatic carboxylic acids is 1. The summed E-state index contributed by atoms with van der Waals surface area (Å²) in [6.45, 7) is 1.62. The summed E-state index contributed by atoms with van der Waals surface area (Å²) in [4.78, 5) is 26.5. The summed E-state index contributed by atoms with van der Waals surface area (Å²) >= 11 is 0. The first kappa shape index (κ1) is 20.8. The molecule has 5 rings (SSSR count). The van der Waals surface area contributed by atoms with E-state index >= 15 is 0 Å². The molecule has 0 aliphatic heterocycles. The number of rotatable bonds is 5. The zero-order valence-electron chi connectivity index (χ0n) is 18.1. The molecule has 0 radical (unpaired) electrons. The van der Waals surface area contributed by atoms with Crippen LogP contribution in [0, 0.1) is 0 Å². The fourth-order valence-corrected chi connectivity index (χ4v) is 4.66. The molecule has 0 aromatic heterocycles. The number of carbonyl (C=O) groups is 2. The van der Waals surface area contributed by atoms with Crippen molar-refractivity contribution in [2.75, 3.05) is 11.5 Å². The van der Waals surface area contributed by atoms with Gasteiger partial charge in [-0.2, -0.15) is 0 Å². The average Bonchev–Trinajstić information content (AvgIpc) is 3.16. The molecule has 0 saturated carbocycles. The summed E-state index contributed by atoms with van der Waals surface area (Å²) < 4.78 is 5.80. The lowest BCUT2D eigenvalue weighted by Crippen LogP contribution is -2.44. The summed E-state index contributed by atoms with van der Waals surface area (Å²) in [5.41, 5.74) is 5.00. The first-order valence-corrected chi connectivity index (χ1v) is 10.9. The van der Waals surface area contributed by atoms with Crippen LogP contribution in [0.2, 0.25) is 0 Å². The minimum atomic E-state index is -1.10. The number of hydrogen-bond acceptors (Lipinski definition) is 3. The van der Waals surface area contributed by atoms with Crippen molar-refractivity contribution < 1.29 is 19.4 Å². The van der Waals surface area contributed by atoms with E-state index in [4.69, 9.17) is 4.74 Å². The zero-order chi connectivity index (χ0) is 22.9. The molecular weight excluding hydrogens is 414 g/mol. The molecule has 0 heterocycles. The van der Waals surface area contributed by atoms with Gasteiger partial charge in [0.1, 0.15) is 12.6 Å². The molecule has 5 heteroatoms. The van der Waals surface area contributed by atoms with E-state index in [-0.39, 0.29) is 12.5 Å². The normalized spacial score (nSPS) is 13.2. The molecule has 4 aromatic rings. The largest absolute Gasteiger partial charge is 0.480 e. The number of nitrogens with zero attached hydrogens (tertiary/aromatic N) is 1. The maximum Gasteiger partial charge on any atom is 0.415 e. The topological polar surface area (TPSA) is 66.8 Å². The van der Waals surface area contributed by atoms with Crippen molar-refractivity contribution in [3.63, 3.8) is 0 Å². The Morgan fingerprint density at radius 3 is 2.09 bits per heavy atom. The van der Waals surface area contributed by atoms with Gasteiger partial charge in [-0.15, -0.1) is 0 Å². The Hall–Kier alpha value is -4.12. The van der Waals surface area contributed by atoms with Gasteiger partial charge in [0, 0.05) is 11.3 Å². The number of benzene rings is 4. The number of hydrogen-bond donors (Lipinski definition) is 1. The highest BCUT2D eigenvalue weighted by Crippen LogP contribution is 2.44. The third-order valence-electron chi connectivity index (χ3n) is 6.30. The SMILES string of the molecule is C[C@@H](C(=O)O)N(C(=O)OCC1c2ccccc2-c2ccccc21)c1cccc2ccccc12. The Labute approximate surface area is 191 Å². The van der Waals surface area contributed by atoms with Gasteiger partial charge in [0.15, 0.2) is 0 Å². The number of amides is 1. The maximum atomic E-state index is 13.4. The molecule has 4 aromatic carbocycles. The van der Waals surface area contributed by atoms with Crippen LogP contribution in [0.25, 0.3) is 21.9 Å². The third kappa shape index (κ3) is 3.61. The van der Waals surface area contributed by atoms with Crippen molar-refractivity contribution in [2.45, 2.75) is 18.9 Å². The summed E-state index contributed by atoms with van der Waals surface area (Å²) in [6, 6.07) is 28.2. The van der Waals surface area contributed by atoms with Gasteiger partial charge < -0.3 is 9.84 Å². The highest BCUT2D eigenvalue weighted by molar-refractivity contribution is 6.04. The Morgan fingerprint density at radius 1 is 0.848 bits per heavy atom. The maximum absolute atomic E-state index is 13.4. The molecule has 0 fully saturated rings. The van der Waals surface area contributed by atoms with E-state index in [1.54, 1.807) is 6.07 Å². The Balaban J connectivity index is 1.48. The number of carboxylic acid groups (broad SMARTS) is 1. The van der Waals surface area contributed by atoms with E-state index in [0.29, 0.717) is 5.69 Å². The lowest BCUT2D eigenvalue weighted by atomic mass is 9.98. The molecule has 0 bridgehead atoms. The van der Waals surface area contributed by atoms with Crippen molar-refractivity contribution in [3.8, 4) is 11.1 Å². The van der Waals surface area contributed by atoms with Crippen molar-refractivity contribution in [2.24, 2.45) is 0 Å². The molecular formula is C28H23NO4. The second-order valence-corrected chi connectivity index (χ2v) is 8.19. The second kappa shape index (κ2) is 8.43. The van der Waals surface area contributed by atoms with Crippen molar-refractivity contribution >= 4 is 28.5 Å². The second-order valence-electron chi connectivity index (χ2n) is 8.19. The number of anilines is 1. The van der Waals surface area contributed by atoms with Crippen LogP contribution < -0.4 is 4.90 Å². The van der Waals surface area contributed by atoms with Gasteiger partial charge in [-0.25, -0.2) is 9.59 Å². The predicted octanol–water partition coefficient (Wildman–Crippen LogP) is 6.07. The summed E-state index contributed by atoms with van der Waals surface area (Å²) in [5, 5.41) is 11.4. The Kier molecular flexibility index (Phi) is 5.31. The van der Waals surface area contributed by atoms with Crippen LogP contribution in [-0.4, -0.2) is 29.8 Å². The first-order valence-electron chi connectivity index (χ1n) is 10.9. The van der Waals surface area contributed by atoms with Crippen LogP contribution in [0.15, 0.2) is 91.0 Å². The third-order valence-corrected chi connectivity index (χ3v) is 6.30. The van der Waals surface area contributed by atoms with Crippen LogP contribution in [0.3, 0.4) is 0 Å². The molecule has 1 N–H and O–H groups in total. The van der Waals surface area contributed by atoms with Gasteiger partial charge in [-0.1, -0.05) is 84.9 Å². The van der Waals surface area contributed by atoms with E-state index in [1.807, 2.05) is 60.7 Å². The fourth-order valence-electron chi connectivity index (χ4n) is 4.66. The van der Waals surface area contributed by atoms with Gasteiger partial charge in [0.05, 0.1) is 5.69 Å². The van der Waals surface area contributed by atoms with Crippen LogP contribution in [0.4, 0.5) is 10.5 Å². The summed E-state index contributed by atoms with van der Waals surface area (Å²) in [6.07, 6.45) is -0.678. The molecule has 33 heavy (non-hydrogen) atoms. The van der Waals surface area contributed by atoms with Gasteiger partial charge in [-0.3, -0.25) is 4.90 Å². The number of ether oxygens (including phenoxy) is 1. The molecule has 164 valence electrons. The van der Waals surface area contributed by atoms with E-state index in [9.17, 15) is 14.7 Å². The fraction of sp³-hybridized carbons (Fsp3) is 0.143. The number of carbonyl (C=O) groups excluding carboxylic acids is 1. The van der Waals surface area contributed by atoms with E-state index < -0.39 is 18.1 Å². The van der Waals surface area contributed by atoms with Gasteiger partial charge in [0.2, 0.25) is 0 Å². The van der Waals surface area contributed by atoms with Crippen LogP contribution in [0.5, 0.6) is 0 Å². The first-order chi connectivity index (χ1) is 16.1. The van der Waals surface area contributed by atoms with Crippen LogP contribution in [0.1, 0.15) is 24.0 Å². The highest BCUT2D eigenvalue weighted by Gasteiger charge is 2.33. The molecule has 0 saturated heterocycles. The Morgan fingerprint density at radius 2 is 1.42 bits per heavy atom. The molecule has 1 aliphatic rings. The molecule has 5 nitrogen and oxygen atoms in total. The molecule has 1 aliphatic carbocycles. The van der Waals surface area contributed by atoms with Gasteiger partial charge in [0.25, 0.3) is 0 Å². The Bertz CT molecular complexity index is 1310. The van der Waals surface area contributed by atoms with Crippen LogP contribution in [-0.2, 0) is 9.53 Å².